The predicted molar refractivity (Wildman–Crippen MR) is 85.0 cm³/mol. The highest BCUT2D eigenvalue weighted by Crippen LogP contribution is 2.28. The molecule has 1 aromatic rings. The van der Waals surface area contributed by atoms with Crippen molar-refractivity contribution in [3.8, 4) is 5.75 Å². The van der Waals surface area contributed by atoms with Crippen LogP contribution in [0.3, 0.4) is 0 Å². The van der Waals surface area contributed by atoms with Crippen LogP contribution in [-0.4, -0.2) is 46.2 Å². The second-order valence-corrected chi connectivity index (χ2v) is 7.56. The molecule has 0 spiro atoms. The Labute approximate surface area is 134 Å². The van der Waals surface area contributed by atoms with E-state index in [1.807, 2.05) is 6.26 Å². The fourth-order valence-electron chi connectivity index (χ4n) is 1.80. The minimum Gasteiger partial charge on any atom is -0.495 e. The molecule has 0 heterocycles. The Hall–Kier alpha value is -1.25. The molecule has 0 saturated heterocycles. The third-order valence-corrected chi connectivity index (χ3v) is 5.23. The highest BCUT2D eigenvalue weighted by Gasteiger charge is 2.30. The Morgan fingerprint density at radius 3 is 2.73 bits per heavy atom. The number of hydrogen-bond acceptors (Lipinski definition) is 6. The first-order valence-electron chi connectivity index (χ1n) is 6.84. The summed E-state index contributed by atoms with van der Waals surface area (Å²) in [6.45, 7) is 0.286. The quantitative estimate of drug-likeness (QED) is 0.570. The van der Waals surface area contributed by atoms with Crippen molar-refractivity contribution in [3.63, 3.8) is 0 Å². The van der Waals surface area contributed by atoms with Gasteiger partial charge in [-0.3, -0.25) is 0 Å². The van der Waals surface area contributed by atoms with E-state index in [9.17, 15) is 13.2 Å². The summed E-state index contributed by atoms with van der Waals surface area (Å²) in [7, 11) is -2.32. The Bertz CT molecular complexity index is 641. The predicted octanol–water partition coefficient (Wildman–Crippen LogP) is 1.66. The highest BCUT2D eigenvalue weighted by molar-refractivity contribution is 7.98. The SMILES string of the molecule is COc1ccc(C(=O)OCCSC)cc1S(=O)(=O)NC1CC1. The minimum atomic E-state index is -3.71. The molecule has 6 nitrogen and oxygen atoms in total. The molecule has 0 atom stereocenters. The van der Waals surface area contributed by atoms with E-state index in [1.54, 1.807) is 11.8 Å². The lowest BCUT2D eigenvalue weighted by atomic mass is 10.2. The maximum absolute atomic E-state index is 12.4. The molecule has 22 heavy (non-hydrogen) atoms. The summed E-state index contributed by atoms with van der Waals surface area (Å²) in [4.78, 5) is 11.9. The van der Waals surface area contributed by atoms with E-state index in [1.165, 1.54) is 25.3 Å². The van der Waals surface area contributed by atoms with Gasteiger partial charge in [-0.25, -0.2) is 17.9 Å². The minimum absolute atomic E-state index is 0.0214. The fraction of sp³-hybridized carbons (Fsp3) is 0.500. The van der Waals surface area contributed by atoms with E-state index < -0.39 is 16.0 Å². The molecule has 1 saturated carbocycles. The number of nitrogens with one attached hydrogen (secondary N) is 1. The lowest BCUT2D eigenvalue weighted by Crippen LogP contribution is -2.26. The van der Waals surface area contributed by atoms with Gasteiger partial charge in [0.15, 0.2) is 0 Å². The molecular formula is C14H19NO5S2. The molecule has 0 aromatic heterocycles. The second-order valence-electron chi connectivity index (χ2n) is 4.89. The summed E-state index contributed by atoms with van der Waals surface area (Å²) >= 11 is 1.56. The first-order valence-corrected chi connectivity index (χ1v) is 9.72. The Morgan fingerprint density at radius 1 is 1.41 bits per heavy atom. The van der Waals surface area contributed by atoms with Crippen LogP contribution in [0.2, 0.25) is 0 Å². The summed E-state index contributed by atoms with van der Waals surface area (Å²) in [5.74, 6) is 0.351. The Balaban J connectivity index is 2.23. The van der Waals surface area contributed by atoms with E-state index in [0.717, 1.165) is 12.8 Å². The number of ether oxygens (including phenoxy) is 2. The van der Waals surface area contributed by atoms with Crippen molar-refractivity contribution >= 4 is 27.8 Å². The molecule has 0 bridgehead atoms. The number of methoxy groups -OCH3 is 1. The van der Waals surface area contributed by atoms with Gasteiger partial charge < -0.3 is 9.47 Å². The monoisotopic (exact) mass is 345 g/mol. The summed E-state index contributed by atoms with van der Waals surface area (Å²) in [5.41, 5.74) is 0.193. The number of rotatable bonds is 8. The molecule has 1 N–H and O–H groups in total. The van der Waals surface area contributed by atoms with Gasteiger partial charge in [0.1, 0.15) is 17.3 Å². The van der Waals surface area contributed by atoms with Gasteiger partial charge in [-0.05, 0) is 37.3 Å². The van der Waals surface area contributed by atoms with Gasteiger partial charge in [-0.1, -0.05) is 0 Å². The molecule has 0 aliphatic heterocycles. The number of sulfonamides is 1. The van der Waals surface area contributed by atoms with E-state index in [4.69, 9.17) is 9.47 Å². The number of benzene rings is 1. The van der Waals surface area contributed by atoms with Gasteiger partial charge in [-0.2, -0.15) is 11.8 Å². The standard InChI is InChI=1S/C14H19NO5S2/c1-19-12-6-3-10(14(16)20-7-8-21-2)9-13(12)22(17,18)15-11-4-5-11/h3,6,9,11,15H,4-5,7-8H2,1-2H3. The van der Waals surface area contributed by atoms with Gasteiger partial charge in [0, 0.05) is 11.8 Å². The zero-order valence-corrected chi connectivity index (χ0v) is 14.1. The van der Waals surface area contributed by atoms with Crippen LogP contribution in [0.4, 0.5) is 0 Å². The van der Waals surface area contributed by atoms with E-state index in [-0.39, 0.29) is 28.9 Å². The molecule has 1 aliphatic carbocycles. The largest absolute Gasteiger partial charge is 0.495 e. The first kappa shape index (κ1) is 17.1. The van der Waals surface area contributed by atoms with Crippen molar-refractivity contribution in [3.05, 3.63) is 23.8 Å². The van der Waals surface area contributed by atoms with Gasteiger partial charge in [0.25, 0.3) is 0 Å². The Kier molecular flexibility index (Phi) is 5.71. The molecule has 122 valence electrons. The molecule has 1 fully saturated rings. The van der Waals surface area contributed by atoms with Crippen molar-refractivity contribution in [2.45, 2.75) is 23.8 Å². The van der Waals surface area contributed by atoms with Crippen molar-refractivity contribution in [2.75, 3.05) is 25.7 Å². The van der Waals surface area contributed by atoms with Crippen molar-refractivity contribution < 1.29 is 22.7 Å². The van der Waals surface area contributed by atoms with Crippen LogP contribution in [0.1, 0.15) is 23.2 Å². The van der Waals surface area contributed by atoms with Crippen LogP contribution in [0, 0.1) is 0 Å². The van der Waals surface area contributed by atoms with Gasteiger partial charge in [0.05, 0.1) is 12.7 Å². The average molecular weight is 345 g/mol. The number of carbonyl (C=O) groups is 1. The van der Waals surface area contributed by atoms with E-state index in [0.29, 0.717) is 5.75 Å². The third kappa shape index (κ3) is 4.37. The smallest absolute Gasteiger partial charge is 0.338 e. The highest BCUT2D eigenvalue weighted by atomic mass is 32.2. The van der Waals surface area contributed by atoms with Crippen LogP contribution in [0.25, 0.3) is 0 Å². The number of carbonyl (C=O) groups excluding carboxylic acids is 1. The lowest BCUT2D eigenvalue weighted by molar-refractivity contribution is 0.0530. The number of esters is 1. The van der Waals surface area contributed by atoms with Gasteiger partial charge >= 0.3 is 5.97 Å². The molecule has 0 radical (unpaired) electrons. The lowest BCUT2D eigenvalue weighted by Gasteiger charge is -2.12. The summed E-state index contributed by atoms with van der Waals surface area (Å²) in [5, 5.41) is 0. The molecule has 1 aliphatic rings. The van der Waals surface area contributed by atoms with E-state index >= 15 is 0 Å². The zero-order chi connectivity index (χ0) is 16.2. The molecule has 2 rings (SSSR count). The molecule has 8 heteroatoms. The first-order chi connectivity index (χ1) is 10.5. The average Bonchev–Trinajstić information content (AvgIpc) is 3.30. The van der Waals surface area contributed by atoms with Crippen molar-refractivity contribution in [1.29, 1.82) is 0 Å². The van der Waals surface area contributed by atoms with Crippen LogP contribution in [0.15, 0.2) is 23.1 Å². The van der Waals surface area contributed by atoms with Gasteiger partial charge in [-0.15, -0.1) is 0 Å². The molecule has 1 aromatic carbocycles. The molecular weight excluding hydrogens is 326 g/mol. The zero-order valence-electron chi connectivity index (χ0n) is 12.5. The maximum atomic E-state index is 12.4. The number of hydrogen-bond donors (Lipinski definition) is 1. The maximum Gasteiger partial charge on any atom is 0.338 e. The van der Waals surface area contributed by atoms with Crippen molar-refractivity contribution in [1.82, 2.24) is 4.72 Å². The Morgan fingerprint density at radius 2 is 2.14 bits per heavy atom. The summed E-state index contributed by atoms with van der Waals surface area (Å²) in [6.07, 6.45) is 3.57. The van der Waals surface area contributed by atoms with E-state index in [2.05, 4.69) is 4.72 Å². The number of thioether (sulfide) groups is 1. The van der Waals surface area contributed by atoms with Gasteiger partial charge in [0.2, 0.25) is 10.0 Å². The second kappa shape index (κ2) is 7.34. The van der Waals surface area contributed by atoms with Crippen molar-refractivity contribution in [2.24, 2.45) is 0 Å². The topological polar surface area (TPSA) is 81.7 Å². The molecule has 0 unspecified atom stereocenters. The van der Waals surface area contributed by atoms with Crippen LogP contribution >= 0.6 is 11.8 Å². The third-order valence-electron chi connectivity index (χ3n) is 3.11. The normalized spacial score (nSPS) is 14.6. The van der Waals surface area contributed by atoms with Crippen LogP contribution in [0.5, 0.6) is 5.75 Å². The molecule has 0 amide bonds. The fourth-order valence-corrected chi connectivity index (χ4v) is 3.55. The van der Waals surface area contributed by atoms with Crippen LogP contribution in [-0.2, 0) is 14.8 Å². The van der Waals surface area contributed by atoms with Crippen LogP contribution < -0.4 is 9.46 Å². The summed E-state index contributed by atoms with van der Waals surface area (Å²) in [6, 6.07) is 4.24. The summed E-state index contributed by atoms with van der Waals surface area (Å²) < 4.78 is 37.5.